The molecule has 2 heterocycles. The normalized spacial score (nSPS) is 10.8. The second-order valence-corrected chi connectivity index (χ2v) is 7.29. The zero-order chi connectivity index (χ0) is 19.5. The number of amides is 1. The third-order valence-corrected chi connectivity index (χ3v) is 5.41. The number of nitrogens with one attached hydrogen (secondary N) is 1. The van der Waals surface area contributed by atoms with Crippen molar-refractivity contribution >= 4 is 22.9 Å². The lowest BCUT2D eigenvalue weighted by Crippen LogP contribution is -2.11. The average molecular weight is 392 g/mol. The molecule has 0 fully saturated rings. The van der Waals surface area contributed by atoms with Crippen molar-refractivity contribution in [3.63, 3.8) is 0 Å². The van der Waals surface area contributed by atoms with Gasteiger partial charge in [-0.05, 0) is 55.0 Å². The summed E-state index contributed by atoms with van der Waals surface area (Å²) in [7, 11) is 0. The summed E-state index contributed by atoms with van der Waals surface area (Å²) in [6.45, 7) is 2.47. The van der Waals surface area contributed by atoms with E-state index in [1.807, 2.05) is 41.2 Å². The molecule has 0 saturated heterocycles. The Kier molecular flexibility index (Phi) is 4.99. The first-order valence-electron chi connectivity index (χ1n) is 8.69. The van der Waals surface area contributed by atoms with Crippen LogP contribution >= 0.6 is 11.3 Å². The molecule has 4 rings (SSSR count). The minimum absolute atomic E-state index is 0.205. The van der Waals surface area contributed by atoms with E-state index >= 15 is 0 Å². The number of halogens is 1. The van der Waals surface area contributed by atoms with Gasteiger partial charge in [-0.3, -0.25) is 9.48 Å². The standard InChI is InChI=1S/C21H17FN4OS/c1-14-19(28-21(24-14)16-5-7-17(22)8-6-16)20(27)25-18-9-3-15(4-10-18)13-26-12-2-11-23-26/h2-12H,13H2,1H3,(H,25,27). The molecule has 2 aromatic carbocycles. The van der Waals surface area contributed by atoms with Gasteiger partial charge in [0.05, 0.1) is 12.2 Å². The Bertz CT molecular complexity index is 1090. The molecule has 140 valence electrons. The second kappa shape index (κ2) is 7.74. The molecule has 1 N–H and O–H groups in total. The van der Waals surface area contributed by atoms with E-state index < -0.39 is 0 Å². The molecule has 0 unspecified atom stereocenters. The molecule has 0 aliphatic rings. The second-order valence-electron chi connectivity index (χ2n) is 6.30. The van der Waals surface area contributed by atoms with Gasteiger partial charge in [0.1, 0.15) is 15.7 Å². The minimum Gasteiger partial charge on any atom is -0.321 e. The molecule has 0 aliphatic carbocycles. The van der Waals surface area contributed by atoms with E-state index in [-0.39, 0.29) is 11.7 Å². The predicted octanol–water partition coefficient (Wildman–Crippen LogP) is 4.75. The van der Waals surface area contributed by atoms with Gasteiger partial charge in [0.15, 0.2) is 0 Å². The van der Waals surface area contributed by atoms with Gasteiger partial charge in [0.25, 0.3) is 5.91 Å². The van der Waals surface area contributed by atoms with Gasteiger partial charge < -0.3 is 5.32 Å². The van der Waals surface area contributed by atoms with Crippen LogP contribution in [0.2, 0.25) is 0 Å². The molecule has 7 heteroatoms. The van der Waals surface area contributed by atoms with Gasteiger partial charge in [-0.25, -0.2) is 9.37 Å². The van der Waals surface area contributed by atoms with Crippen molar-refractivity contribution in [2.45, 2.75) is 13.5 Å². The summed E-state index contributed by atoms with van der Waals surface area (Å²) < 4.78 is 14.9. The van der Waals surface area contributed by atoms with Crippen LogP contribution in [-0.4, -0.2) is 20.7 Å². The molecule has 0 aliphatic heterocycles. The summed E-state index contributed by atoms with van der Waals surface area (Å²) in [5.74, 6) is -0.505. The van der Waals surface area contributed by atoms with Crippen LogP contribution < -0.4 is 5.32 Å². The molecule has 4 aromatic rings. The number of nitrogens with zero attached hydrogens (tertiary/aromatic N) is 3. The topological polar surface area (TPSA) is 59.8 Å². The van der Waals surface area contributed by atoms with Crippen molar-refractivity contribution in [2.75, 3.05) is 5.32 Å². The lowest BCUT2D eigenvalue weighted by Gasteiger charge is -2.06. The van der Waals surface area contributed by atoms with E-state index in [1.165, 1.54) is 23.5 Å². The Morgan fingerprint density at radius 2 is 1.89 bits per heavy atom. The molecule has 28 heavy (non-hydrogen) atoms. The van der Waals surface area contributed by atoms with Gasteiger partial charge in [0, 0.05) is 23.6 Å². The number of hydrogen-bond acceptors (Lipinski definition) is 4. The van der Waals surface area contributed by atoms with Crippen molar-refractivity contribution < 1.29 is 9.18 Å². The quantitative estimate of drug-likeness (QED) is 0.533. The number of carbonyl (C=O) groups is 1. The van der Waals surface area contributed by atoms with Gasteiger partial charge in [-0.1, -0.05) is 12.1 Å². The van der Waals surface area contributed by atoms with Crippen LogP contribution in [0.3, 0.4) is 0 Å². The number of aryl methyl sites for hydroxylation is 1. The zero-order valence-corrected chi connectivity index (χ0v) is 15.9. The highest BCUT2D eigenvalue weighted by Gasteiger charge is 2.16. The van der Waals surface area contributed by atoms with E-state index in [9.17, 15) is 9.18 Å². The highest BCUT2D eigenvalue weighted by molar-refractivity contribution is 7.17. The summed E-state index contributed by atoms with van der Waals surface area (Å²) in [5.41, 5.74) is 3.24. The summed E-state index contributed by atoms with van der Waals surface area (Å²) in [6.07, 6.45) is 3.65. The van der Waals surface area contributed by atoms with E-state index in [2.05, 4.69) is 15.4 Å². The Morgan fingerprint density at radius 3 is 2.57 bits per heavy atom. The molecule has 0 radical (unpaired) electrons. The molecule has 2 aromatic heterocycles. The van der Waals surface area contributed by atoms with E-state index in [0.29, 0.717) is 27.8 Å². The molecular weight excluding hydrogens is 375 g/mol. The smallest absolute Gasteiger partial charge is 0.267 e. The molecular formula is C21H17FN4OS. The highest BCUT2D eigenvalue weighted by Crippen LogP contribution is 2.28. The van der Waals surface area contributed by atoms with Gasteiger partial charge in [-0.2, -0.15) is 5.10 Å². The SMILES string of the molecule is Cc1nc(-c2ccc(F)cc2)sc1C(=O)Nc1ccc(Cn2cccn2)cc1. The molecule has 1 amide bonds. The van der Waals surface area contributed by atoms with E-state index in [4.69, 9.17) is 0 Å². The van der Waals surface area contributed by atoms with Crippen molar-refractivity contribution in [3.05, 3.63) is 88.9 Å². The summed E-state index contributed by atoms with van der Waals surface area (Å²) >= 11 is 1.29. The summed E-state index contributed by atoms with van der Waals surface area (Å²) in [4.78, 5) is 17.7. The molecule has 0 atom stereocenters. The minimum atomic E-state index is -0.300. The van der Waals surface area contributed by atoms with Crippen LogP contribution in [-0.2, 0) is 6.54 Å². The zero-order valence-electron chi connectivity index (χ0n) is 15.1. The number of anilines is 1. The highest BCUT2D eigenvalue weighted by atomic mass is 32.1. The lowest BCUT2D eigenvalue weighted by atomic mass is 10.2. The Balaban J connectivity index is 1.47. The Morgan fingerprint density at radius 1 is 1.14 bits per heavy atom. The van der Waals surface area contributed by atoms with Crippen LogP contribution in [0.25, 0.3) is 10.6 Å². The summed E-state index contributed by atoms with van der Waals surface area (Å²) in [6, 6.07) is 15.6. The van der Waals surface area contributed by atoms with E-state index in [1.54, 1.807) is 25.3 Å². The van der Waals surface area contributed by atoms with Gasteiger partial charge in [0.2, 0.25) is 0 Å². The Labute approximate surface area is 165 Å². The first-order chi connectivity index (χ1) is 13.6. The van der Waals surface area contributed by atoms with Crippen molar-refractivity contribution in [1.82, 2.24) is 14.8 Å². The molecule has 5 nitrogen and oxygen atoms in total. The van der Waals surface area contributed by atoms with Crippen LogP contribution in [0.4, 0.5) is 10.1 Å². The monoisotopic (exact) mass is 392 g/mol. The molecule has 0 saturated carbocycles. The molecule has 0 spiro atoms. The largest absolute Gasteiger partial charge is 0.321 e. The number of carbonyl (C=O) groups excluding carboxylic acids is 1. The Hall–Kier alpha value is -3.32. The number of aromatic nitrogens is 3. The number of thiazole rings is 1. The first-order valence-corrected chi connectivity index (χ1v) is 9.51. The van der Waals surface area contributed by atoms with Crippen LogP contribution in [0.15, 0.2) is 67.0 Å². The number of hydrogen-bond donors (Lipinski definition) is 1. The fraction of sp³-hybridized carbons (Fsp3) is 0.0952. The van der Waals surface area contributed by atoms with E-state index in [0.717, 1.165) is 11.1 Å². The fourth-order valence-corrected chi connectivity index (χ4v) is 3.75. The van der Waals surface area contributed by atoms with Crippen LogP contribution in [0, 0.1) is 12.7 Å². The fourth-order valence-electron chi connectivity index (χ4n) is 2.79. The third-order valence-electron chi connectivity index (χ3n) is 4.21. The number of rotatable bonds is 5. The first kappa shape index (κ1) is 18.1. The van der Waals surface area contributed by atoms with Crippen molar-refractivity contribution in [3.8, 4) is 10.6 Å². The maximum Gasteiger partial charge on any atom is 0.267 e. The maximum atomic E-state index is 13.1. The lowest BCUT2D eigenvalue weighted by molar-refractivity contribution is 0.103. The van der Waals surface area contributed by atoms with Crippen LogP contribution in [0.1, 0.15) is 20.9 Å². The van der Waals surface area contributed by atoms with Crippen molar-refractivity contribution in [2.24, 2.45) is 0 Å². The van der Waals surface area contributed by atoms with Crippen molar-refractivity contribution in [1.29, 1.82) is 0 Å². The summed E-state index contributed by atoms with van der Waals surface area (Å²) in [5, 5.41) is 7.78. The molecule has 0 bridgehead atoms. The average Bonchev–Trinajstić information content (AvgIpc) is 3.33. The third kappa shape index (κ3) is 3.99. The maximum absolute atomic E-state index is 13.1. The number of benzene rings is 2. The predicted molar refractivity (Wildman–Crippen MR) is 108 cm³/mol. The van der Waals surface area contributed by atoms with Gasteiger partial charge >= 0.3 is 0 Å². The van der Waals surface area contributed by atoms with Crippen LogP contribution in [0.5, 0.6) is 0 Å². The van der Waals surface area contributed by atoms with Gasteiger partial charge in [-0.15, -0.1) is 11.3 Å².